The Kier molecular flexibility index (Phi) is 3.93. The standard InChI is InChI=1S/C14H19NO4/c1-9-3-8-12(19-9)15(2)13(16)10-4-6-11(7-5-10)14(17)18/h3,8,10-11H,4-7H2,1-2H3,(H,17,18). The summed E-state index contributed by atoms with van der Waals surface area (Å²) in [6, 6.07) is 3.59. The van der Waals surface area contributed by atoms with Gasteiger partial charge >= 0.3 is 5.97 Å². The molecular formula is C14H19NO4. The lowest BCUT2D eigenvalue weighted by atomic mass is 9.81. The first-order valence-corrected chi connectivity index (χ1v) is 6.56. The van der Waals surface area contributed by atoms with E-state index in [2.05, 4.69) is 0 Å². The summed E-state index contributed by atoms with van der Waals surface area (Å²) in [6.45, 7) is 1.83. The van der Waals surface area contributed by atoms with E-state index in [1.165, 1.54) is 4.90 Å². The molecule has 0 atom stereocenters. The number of anilines is 1. The van der Waals surface area contributed by atoms with Crippen molar-refractivity contribution in [2.24, 2.45) is 11.8 Å². The number of carbonyl (C=O) groups excluding carboxylic acids is 1. The van der Waals surface area contributed by atoms with Gasteiger partial charge in [0.2, 0.25) is 11.8 Å². The largest absolute Gasteiger partial charge is 0.481 e. The molecule has 1 N–H and O–H groups in total. The summed E-state index contributed by atoms with van der Waals surface area (Å²) in [4.78, 5) is 24.7. The number of hydrogen-bond donors (Lipinski definition) is 1. The molecule has 5 nitrogen and oxygen atoms in total. The van der Waals surface area contributed by atoms with Crippen molar-refractivity contribution < 1.29 is 19.1 Å². The van der Waals surface area contributed by atoms with Crippen LogP contribution in [0, 0.1) is 18.8 Å². The van der Waals surface area contributed by atoms with Gasteiger partial charge in [0.15, 0.2) is 0 Å². The number of carboxylic acids is 1. The van der Waals surface area contributed by atoms with Gasteiger partial charge < -0.3 is 9.52 Å². The Labute approximate surface area is 112 Å². The number of carbonyl (C=O) groups is 2. The Balaban J connectivity index is 1.96. The lowest BCUT2D eigenvalue weighted by Gasteiger charge is -2.27. The summed E-state index contributed by atoms with van der Waals surface area (Å²) in [5, 5.41) is 8.94. The first-order valence-electron chi connectivity index (χ1n) is 6.56. The van der Waals surface area contributed by atoms with Crippen LogP contribution in [0.25, 0.3) is 0 Å². The number of rotatable bonds is 3. The molecule has 19 heavy (non-hydrogen) atoms. The molecule has 0 aliphatic heterocycles. The van der Waals surface area contributed by atoms with Gasteiger partial charge in [-0.3, -0.25) is 14.5 Å². The molecule has 104 valence electrons. The lowest BCUT2D eigenvalue weighted by molar-refractivity contribution is -0.144. The van der Waals surface area contributed by atoms with Gasteiger partial charge in [0, 0.05) is 19.0 Å². The van der Waals surface area contributed by atoms with Crippen molar-refractivity contribution in [2.45, 2.75) is 32.6 Å². The number of carboxylic acid groups (broad SMARTS) is 1. The predicted octanol–water partition coefficient (Wildman–Crippen LogP) is 2.44. The molecule has 0 unspecified atom stereocenters. The van der Waals surface area contributed by atoms with Gasteiger partial charge in [-0.05, 0) is 38.7 Å². The third-order valence-corrected chi connectivity index (χ3v) is 3.81. The topological polar surface area (TPSA) is 70.8 Å². The SMILES string of the molecule is Cc1ccc(N(C)C(=O)C2CCC(C(=O)O)CC2)o1. The molecular weight excluding hydrogens is 246 g/mol. The van der Waals surface area contributed by atoms with Crippen LogP contribution < -0.4 is 4.90 Å². The Hall–Kier alpha value is -1.78. The van der Waals surface area contributed by atoms with Gasteiger partial charge in [-0.1, -0.05) is 0 Å². The number of furan rings is 1. The normalized spacial score (nSPS) is 23.1. The quantitative estimate of drug-likeness (QED) is 0.911. The molecule has 1 saturated carbocycles. The van der Waals surface area contributed by atoms with Crippen molar-refractivity contribution >= 4 is 17.8 Å². The van der Waals surface area contributed by atoms with Crippen LogP contribution in [-0.4, -0.2) is 24.0 Å². The van der Waals surface area contributed by atoms with E-state index >= 15 is 0 Å². The monoisotopic (exact) mass is 265 g/mol. The summed E-state index contributed by atoms with van der Waals surface area (Å²) in [6.07, 6.45) is 2.44. The van der Waals surface area contributed by atoms with E-state index in [0.29, 0.717) is 31.6 Å². The van der Waals surface area contributed by atoms with Crippen LogP contribution in [0.15, 0.2) is 16.5 Å². The molecule has 0 radical (unpaired) electrons. The summed E-state index contributed by atoms with van der Waals surface area (Å²) in [7, 11) is 1.70. The van der Waals surface area contributed by atoms with E-state index in [-0.39, 0.29) is 17.7 Å². The molecule has 0 saturated heterocycles. The number of aliphatic carboxylic acids is 1. The summed E-state index contributed by atoms with van der Waals surface area (Å²) >= 11 is 0. The second-order valence-corrected chi connectivity index (χ2v) is 5.17. The molecule has 1 aliphatic rings. The van der Waals surface area contributed by atoms with E-state index in [0.717, 1.165) is 5.76 Å². The van der Waals surface area contributed by atoms with Crippen molar-refractivity contribution in [3.05, 3.63) is 17.9 Å². The lowest BCUT2D eigenvalue weighted by Crippen LogP contribution is -2.35. The highest BCUT2D eigenvalue weighted by molar-refractivity contribution is 5.93. The smallest absolute Gasteiger partial charge is 0.306 e. The van der Waals surface area contributed by atoms with Gasteiger partial charge in [0.1, 0.15) is 5.76 Å². The number of aryl methyl sites for hydroxylation is 1. The zero-order chi connectivity index (χ0) is 14.0. The Morgan fingerprint density at radius 1 is 1.21 bits per heavy atom. The van der Waals surface area contributed by atoms with E-state index in [1.807, 2.05) is 13.0 Å². The first-order chi connectivity index (χ1) is 8.99. The summed E-state index contributed by atoms with van der Waals surface area (Å²) in [5.74, 6) is 0.192. The van der Waals surface area contributed by atoms with Crippen LogP contribution in [0.3, 0.4) is 0 Å². The molecule has 1 heterocycles. The minimum Gasteiger partial charge on any atom is -0.481 e. The van der Waals surface area contributed by atoms with Crippen LogP contribution in [0.4, 0.5) is 5.88 Å². The van der Waals surface area contributed by atoms with Crippen LogP contribution in [0.2, 0.25) is 0 Å². The molecule has 2 rings (SSSR count). The average Bonchev–Trinajstić information content (AvgIpc) is 2.84. The van der Waals surface area contributed by atoms with Gasteiger partial charge in [-0.15, -0.1) is 0 Å². The van der Waals surface area contributed by atoms with E-state index in [1.54, 1.807) is 13.1 Å². The maximum atomic E-state index is 12.3. The Morgan fingerprint density at radius 2 is 1.79 bits per heavy atom. The highest BCUT2D eigenvalue weighted by Crippen LogP contribution is 2.31. The third-order valence-electron chi connectivity index (χ3n) is 3.81. The molecule has 0 bridgehead atoms. The zero-order valence-corrected chi connectivity index (χ0v) is 11.3. The third kappa shape index (κ3) is 2.97. The highest BCUT2D eigenvalue weighted by Gasteiger charge is 2.32. The van der Waals surface area contributed by atoms with Gasteiger partial charge in [-0.2, -0.15) is 0 Å². The maximum absolute atomic E-state index is 12.3. The van der Waals surface area contributed by atoms with Crippen molar-refractivity contribution in [1.82, 2.24) is 0 Å². The van der Waals surface area contributed by atoms with Crippen LogP contribution in [0.5, 0.6) is 0 Å². The molecule has 1 aliphatic carbocycles. The van der Waals surface area contributed by atoms with Crippen molar-refractivity contribution in [1.29, 1.82) is 0 Å². The molecule has 1 fully saturated rings. The van der Waals surface area contributed by atoms with Crippen molar-refractivity contribution in [3.8, 4) is 0 Å². The van der Waals surface area contributed by atoms with Crippen LogP contribution >= 0.6 is 0 Å². The molecule has 1 aromatic rings. The van der Waals surface area contributed by atoms with Crippen molar-refractivity contribution in [2.75, 3.05) is 11.9 Å². The van der Waals surface area contributed by atoms with Gasteiger partial charge in [0.25, 0.3) is 0 Å². The van der Waals surface area contributed by atoms with E-state index < -0.39 is 5.97 Å². The van der Waals surface area contributed by atoms with Crippen LogP contribution in [-0.2, 0) is 9.59 Å². The highest BCUT2D eigenvalue weighted by atomic mass is 16.4. The average molecular weight is 265 g/mol. The second kappa shape index (κ2) is 5.47. The van der Waals surface area contributed by atoms with E-state index in [4.69, 9.17) is 9.52 Å². The molecule has 5 heteroatoms. The van der Waals surface area contributed by atoms with Gasteiger partial charge in [0.05, 0.1) is 5.92 Å². The maximum Gasteiger partial charge on any atom is 0.306 e. The van der Waals surface area contributed by atoms with Gasteiger partial charge in [-0.25, -0.2) is 0 Å². The molecule has 1 amide bonds. The first kappa shape index (κ1) is 13.6. The second-order valence-electron chi connectivity index (χ2n) is 5.17. The number of hydrogen-bond acceptors (Lipinski definition) is 3. The predicted molar refractivity (Wildman–Crippen MR) is 69.9 cm³/mol. The fraction of sp³-hybridized carbons (Fsp3) is 0.571. The Bertz CT molecular complexity index is 472. The van der Waals surface area contributed by atoms with Crippen molar-refractivity contribution in [3.63, 3.8) is 0 Å². The van der Waals surface area contributed by atoms with Crippen LogP contribution in [0.1, 0.15) is 31.4 Å². The zero-order valence-electron chi connectivity index (χ0n) is 11.3. The summed E-state index contributed by atoms with van der Waals surface area (Å²) in [5.41, 5.74) is 0. The number of amides is 1. The molecule has 0 spiro atoms. The Morgan fingerprint density at radius 3 is 2.26 bits per heavy atom. The fourth-order valence-corrected chi connectivity index (χ4v) is 2.57. The molecule has 1 aromatic heterocycles. The fourth-order valence-electron chi connectivity index (χ4n) is 2.57. The molecule has 0 aromatic carbocycles. The summed E-state index contributed by atoms with van der Waals surface area (Å²) < 4.78 is 5.43. The minimum absolute atomic E-state index is 0.0122. The minimum atomic E-state index is -0.749. The van der Waals surface area contributed by atoms with E-state index in [9.17, 15) is 9.59 Å². The number of nitrogens with zero attached hydrogens (tertiary/aromatic N) is 1.